The van der Waals surface area contributed by atoms with Gasteiger partial charge in [-0.25, -0.2) is 19.2 Å². The van der Waals surface area contributed by atoms with Gasteiger partial charge in [0, 0.05) is 20.9 Å². The molecule has 1 aliphatic heterocycles. The summed E-state index contributed by atoms with van der Waals surface area (Å²) in [6, 6.07) is 9.36. The molecule has 2 aromatic carbocycles. The Balaban J connectivity index is 1.45. The van der Waals surface area contributed by atoms with E-state index in [1.165, 1.54) is 23.6 Å². The zero-order valence-corrected chi connectivity index (χ0v) is 22.2. The van der Waals surface area contributed by atoms with Crippen molar-refractivity contribution in [1.82, 2.24) is 25.2 Å². The maximum absolute atomic E-state index is 14.6. The summed E-state index contributed by atoms with van der Waals surface area (Å²) >= 11 is 3.44. The monoisotopic (exact) mass is 633 g/mol. The number of halogens is 2. The van der Waals surface area contributed by atoms with Crippen molar-refractivity contribution in [2.45, 2.75) is 18.5 Å². The van der Waals surface area contributed by atoms with Crippen LogP contribution >= 0.6 is 33.9 Å². The lowest BCUT2D eigenvalue weighted by molar-refractivity contribution is -0.129. The Labute approximate surface area is 228 Å². The number of aromatic amines is 1. The lowest BCUT2D eigenvalue weighted by Crippen LogP contribution is -2.37. The molecule has 5 rings (SSSR count). The van der Waals surface area contributed by atoms with E-state index in [1.807, 2.05) is 28.0 Å². The van der Waals surface area contributed by atoms with Crippen LogP contribution in [0.3, 0.4) is 0 Å². The number of rotatable bonds is 9. The number of benzene rings is 2. The summed E-state index contributed by atoms with van der Waals surface area (Å²) in [5, 5.41) is 13.5. The number of imidazole rings is 1. The molecular weight excluding hydrogens is 612 g/mol. The predicted octanol–water partition coefficient (Wildman–Crippen LogP) is 4.22. The van der Waals surface area contributed by atoms with Crippen LogP contribution in [-0.4, -0.2) is 50.1 Å². The summed E-state index contributed by atoms with van der Waals surface area (Å²) < 4.78 is 20.7. The van der Waals surface area contributed by atoms with Gasteiger partial charge in [-0.15, -0.1) is 11.3 Å². The Kier molecular flexibility index (Phi) is 7.48. The van der Waals surface area contributed by atoms with Gasteiger partial charge in [-0.3, -0.25) is 9.69 Å². The third-order valence-corrected chi connectivity index (χ3v) is 7.18. The number of aromatic nitrogens is 3. The van der Waals surface area contributed by atoms with Gasteiger partial charge in [-0.05, 0) is 58.5 Å². The predicted molar refractivity (Wildman–Crippen MR) is 142 cm³/mol. The van der Waals surface area contributed by atoms with Gasteiger partial charge in [0.1, 0.15) is 36.1 Å². The molecule has 2 atom stereocenters. The first-order valence-electron chi connectivity index (χ1n) is 11.3. The average molecular weight is 633 g/mol. The molecule has 12 heteroatoms. The molecule has 4 aromatic rings. The minimum absolute atomic E-state index is 0.112. The molecule has 190 valence electrons. The van der Waals surface area contributed by atoms with E-state index in [1.54, 1.807) is 41.9 Å². The lowest BCUT2D eigenvalue weighted by Gasteiger charge is -2.23. The van der Waals surface area contributed by atoms with Crippen LogP contribution in [0.5, 0.6) is 5.75 Å². The van der Waals surface area contributed by atoms with Crippen LogP contribution in [0.2, 0.25) is 0 Å². The number of imide groups is 1. The molecule has 3 heterocycles. The Bertz CT molecular complexity index is 1410. The highest BCUT2D eigenvalue weighted by atomic mass is 127. The number of ether oxygens (including phenoxy) is 1. The van der Waals surface area contributed by atoms with Crippen LogP contribution in [0, 0.1) is 9.39 Å². The fraction of sp³-hybridized carbons (Fsp3) is 0.200. The van der Waals surface area contributed by atoms with Crippen molar-refractivity contribution < 1.29 is 23.8 Å². The minimum atomic E-state index is -0.889. The van der Waals surface area contributed by atoms with Gasteiger partial charge in [-0.1, -0.05) is 12.1 Å². The first-order chi connectivity index (χ1) is 17.9. The van der Waals surface area contributed by atoms with Crippen molar-refractivity contribution >= 4 is 45.9 Å². The van der Waals surface area contributed by atoms with Gasteiger partial charge in [0.25, 0.3) is 5.91 Å². The average Bonchev–Trinajstić information content (AvgIpc) is 3.63. The Hall–Kier alpha value is -3.36. The number of hydrogen-bond donors (Lipinski definition) is 3. The molecule has 9 nitrogen and oxygen atoms in total. The van der Waals surface area contributed by atoms with Crippen LogP contribution in [-0.2, 0) is 11.2 Å². The van der Waals surface area contributed by atoms with Crippen LogP contribution < -0.4 is 10.1 Å². The molecule has 3 amide bonds. The summed E-state index contributed by atoms with van der Waals surface area (Å²) in [6.07, 6.45) is 1.74. The van der Waals surface area contributed by atoms with E-state index in [0.29, 0.717) is 34.1 Å². The van der Waals surface area contributed by atoms with Crippen molar-refractivity contribution in [3.05, 3.63) is 86.0 Å². The number of nitrogens with one attached hydrogen (secondary N) is 2. The van der Waals surface area contributed by atoms with E-state index in [9.17, 15) is 14.0 Å². The second-order valence-corrected chi connectivity index (χ2v) is 10.2. The molecule has 0 radical (unpaired) electrons. The molecule has 0 bridgehead atoms. The highest BCUT2D eigenvalue weighted by molar-refractivity contribution is 14.1. The number of thiazole rings is 1. The van der Waals surface area contributed by atoms with Gasteiger partial charge < -0.3 is 20.1 Å². The smallest absolute Gasteiger partial charge is 0.325 e. The number of amides is 3. The van der Waals surface area contributed by atoms with Gasteiger partial charge in [0.15, 0.2) is 0 Å². The van der Waals surface area contributed by atoms with Crippen molar-refractivity contribution in [3.8, 4) is 17.0 Å². The summed E-state index contributed by atoms with van der Waals surface area (Å²) in [5.74, 6) is 0.0453. The van der Waals surface area contributed by atoms with Gasteiger partial charge >= 0.3 is 6.03 Å². The minimum Gasteiger partial charge on any atom is -0.491 e. The van der Waals surface area contributed by atoms with Gasteiger partial charge in [0.2, 0.25) is 0 Å². The fourth-order valence-electron chi connectivity index (χ4n) is 4.13. The molecule has 37 heavy (non-hydrogen) atoms. The summed E-state index contributed by atoms with van der Waals surface area (Å²) in [6.45, 7) is 0.0424. The number of carbonyl (C=O) groups is 2. The zero-order chi connectivity index (χ0) is 25.9. The number of carbonyl (C=O) groups excluding carboxylic acids is 2. The number of aliphatic hydroxyl groups excluding tert-OH is 1. The molecule has 0 saturated carbocycles. The maximum atomic E-state index is 14.6. The SMILES string of the molecule is O=C1NC(c2ccc(OCCO)cc2)C(=O)N1[C@H](Cc1cscn1)c1ncc(-c2ccc(I)cc2F)[nH]1. The largest absolute Gasteiger partial charge is 0.491 e. The molecule has 2 aromatic heterocycles. The number of hydrogen-bond acceptors (Lipinski definition) is 7. The number of urea groups is 1. The summed E-state index contributed by atoms with van der Waals surface area (Å²) in [7, 11) is 0. The van der Waals surface area contributed by atoms with E-state index in [0.717, 1.165) is 8.47 Å². The molecule has 3 N–H and O–H groups in total. The van der Waals surface area contributed by atoms with Gasteiger partial charge in [0.05, 0.1) is 29.7 Å². The van der Waals surface area contributed by atoms with Crippen molar-refractivity contribution in [2.24, 2.45) is 0 Å². The standard InChI is InChI=1S/C25H21FIN5O4S/c26-19-9-15(27)3-6-18(19)20-11-28-23(30-20)21(10-16-12-37-13-29-16)32-24(34)22(31-25(32)35)14-1-4-17(5-2-14)36-8-7-33/h1-6,9,11-13,21-22,33H,7-8,10H2,(H,28,30)(H,31,35)/t21-,22?/m1/s1. The van der Waals surface area contributed by atoms with Crippen LogP contribution in [0.25, 0.3) is 11.3 Å². The molecule has 1 unspecified atom stereocenters. The van der Waals surface area contributed by atoms with Gasteiger partial charge in [-0.2, -0.15) is 0 Å². The quantitative estimate of drug-likeness (QED) is 0.188. The highest BCUT2D eigenvalue weighted by Crippen LogP contribution is 2.33. The van der Waals surface area contributed by atoms with E-state index < -0.39 is 29.8 Å². The Morgan fingerprint density at radius 1 is 1.19 bits per heavy atom. The Morgan fingerprint density at radius 3 is 2.70 bits per heavy atom. The third kappa shape index (κ3) is 5.36. The number of nitrogens with zero attached hydrogens (tertiary/aromatic N) is 3. The Morgan fingerprint density at radius 2 is 2.00 bits per heavy atom. The molecule has 1 aliphatic rings. The van der Waals surface area contributed by atoms with Crippen LogP contribution in [0.15, 0.2) is 59.6 Å². The lowest BCUT2D eigenvalue weighted by atomic mass is 10.1. The third-order valence-electron chi connectivity index (χ3n) is 5.87. The first-order valence-corrected chi connectivity index (χ1v) is 13.3. The van der Waals surface area contributed by atoms with E-state index in [-0.39, 0.29) is 19.6 Å². The van der Waals surface area contributed by atoms with Crippen LogP contribution in [0.4, 0.5) is 9.18 Å². The molecule has 0 aliphatic carbocycles. The van der Waals surface area contributed by atoms with E-state index >= 15 is 0 Å². The highest BCUT2D eigenvalue weighted by Gasteiger charge is 2.44. The molecular formula is C25H21FIN5O4S. The van der Waals surface area contributed by atoms with Crippen molar-refractivity contribution in [3.63, 3.8) is 0 Å². The van der Waals surface area contributed by atoms with Crippen molar-refractivity contribution in [1.29, 1.82) is 0 Å². The fourth-order valence-corrected chi connectivity index (χ4v) is 5.16. The van der Waals surface area contributed by atoms with E-state index in [4.69, 9.17) is 9.84 Å². The summed E-state index contributed by atoms with van der Waals surface area (Å²) in [4.78, 5) is 39.7. The molecule has 1 saturated heterocycles. The van der Waals surface area contributed by atoms with Crippen molar-refractivity contribution in [2.75, 3.05) is 13.2 Å². The second-order valence-electron chi connectivity index (χ2n) is 8.24. The topological polar surface area (TPSA) is 120 Å². The first kappa shape index (κ1) is 25.3. The number of H-pyrrole nitrogens is 1. The normalized spacial score (nSPS) is 16.2. The number of aliphatic hydroxyl groups is 1. The maximum Gasteiger partial charge on any atom is 0.325 e. The summed E-state index contributed by atoms with van der Waals surface area (Å²) in [5.41, 5.74) is 3.74. The van der Waals surface area contributed by atoms with Crippen LogP contribution in [0.1, 0.15) is 29.2 Å². The zero-order valence-electron chi connectivity index (χ0n) is 19.2. The molecule has 1 fully saturated rings. The molecule has 0 spiro atoms. The second kappa shape index (κ2) is 10.9. The van der Waals surface area contributed by atoms with E-state index in [2.05, 4.69) is 20.3 Å².